The zero-order chi connectivity index (χ0) is 42.3. The number of ether oxygens (including phenoxy) is 2. The van der Waals surface area contributed by atoms with E-state index in [1.165, 1.54) is 103 Å². The number of hydrogen-bond acceptors (Lipinski definition) is 8. The molecular weight excluding hydrogens is 866 g/mol. The van der Waals surface area contributed by atoms with Gasteiger partial charge in [-0.3, -0.25) is 0 Å². The van der Waals surface area contributed by atoms with Crippen LogP contribution in [0, 0.1) is 0 Å². The van der Waals surface area contributed by atoms with E-state index in [9.17, 15) is 30.0 Å². The van der Waals surface area contributed by atoms with Crippen LogP contribution in [0.15, 0.2) is 60.7 Å². The van der Waals surface area contributed by atoms with Crippen LogP contribution in [0.25, 0.3) is 0 Å². The van der Waals surface area contributed by atoms with E-state index in [1.807, 2.05) is 60.7 Å². The molecule has 0 bridgehead atoms. The first kappa shape index (κ1) is 57.8. The Kier molecular flexibility index (Phi) is 41.2. The average Bonchev–Trinajstić information content (AvgIpc) is 3.22. The third kappa shape index (κ3) is 36.0. The van der Waals surface area contributed by atoms with Crippen LogP contribution in [0.4, 0.5) is 0 Å². The Morgan fingerprint density at radius 2 is 0.746 bits per heavy atom. The minimum absolute atomic E-state index is 0. The molecule has 0 heterocycles. The molecule has 2 aromatic rings. The van der Waals surface area contributed by atoms with Gasteiger partial charge in [0.15, 0.2) is 0 Å². The molecular formula is C50H82BaO8. The van der Waals surface area contributed by atoms with Crippen molar-refractivity contribution in [3.63, 3.8) is 0 Å². The van der Waals surface area contributed by atoms with E-state index >= 15 is 0 Å². The molecule has 332 valence electrons. The van der Waals surface area contributed by atoms with Gasteiger partial charge in [0.25, 0.3) is 0 Å². The molecule has 0 fully saturated rings. The maximum atomic E-state index is 10.7. The Labute approximate surface area is 400 Å². The van der Waals surface area contributed by atoms with Crippen molar-refractivity contribution in [3.05, 3.63) is 71.8 Å². The van der Waals surface area contributed by atoms with Gasteiger partial charge in [0.05, 0.1) is 37.6 Å². The first-order chi connectivity index (χ1) is 28.3. The molecule has 4 unspecified atom stereocenters. The van der Waals surface area contributed by atoms with Crippen molar-refractivity contribution in [1.29, 1.82) is 0 Å². The molecule has 8 nitrogen and oxygen atoms in total. The van der Waals surface area contributed by atoms with Gasteiger partial charge in [-0.25, -0.2) is 0 Å². The number of unbranched alkanes of at least 4 members (excludes halogenated alkanes) is 18. The monoisotopic (exact) mass is 949 g/mol. The molecule has 2 rings (SSSR count). The molecule has 0 saturated carbocycles. The summed E-state index contributed by atoms with van der Waals surface area (Å²) in [6.07, 6.45) is 27.0. The van der Waals surface area contributed by atoms with Crippen molar-refractivity contribution in [2.24, 2.45) is 0 Å². The molecule has 2 aromatic carbocycles. The third-order valence-corrected chi connectivity index (χ3v) is 10.9. The number of carbonyl (C=O) groups is 2. The fraction of sp³-hybridized carbons (Fsp3) is 0.720. The Morgan fingerprint density at radius 3 is 1.03 bits per heavy atom. The quantitative estimate of drug-likeness (QED) is 0.0501. The van der Waals surface area contributed by atoms with Gasteiger partial charge in [0.2, 0.25) is 0 Å². The SMILES string of the molecule is CCCCCCCCCCCCC(O)C(CCCC(=O)[O-])OCc1ccccc1.CCCCCCCCCCCCC(O)C(CCCC(=O)[O-])OCc1ccccc1.[Ba+2]. The standard InChI is InChI=1S/2C25H42O4.Ba/c2*1-2-3-4-5-6-7-8-9-10-14-18-23(26)24(19-15-20-25(27)28)29-21-22-16-12-11-13-17-22;/h2*11-13,16-17,23-24,26H,2-10,14-15,18-21H2,1H3,(H,27,28);/q;;+2/p-2. The molecule has 4 atom stereocenters. The van der Waals surface area contributed by atoms with E-state index in [-0.39, 0.29) is 73.9 Å². The van der Waals surface area contributed by atoms with Crippen molar-refractivity contribution in [2.45, 2.75) is 231 Å². The minimum Gasteiger partial charge on any atom is -0.550 e. The van der Waals surface area contributed by atoms with Crippen LogP contribution in [0.1, 0.15) is 205 Å². The Bertz CT molecular complexity index is 1110. The predicted octanol–water partition coefficient (Wildman–Crippen LogP) is 9.95. The third-order valence-electron chi connectivity index (χ3n) is 10.9. The number of aliphatic carboxylic acids is 2. The largest absolute Gasteiger partial charge is 2.00 e. The van der Waals surface area contributed by atoms with Crippen molar-refractivity contribution in [3.8, 4) is 0 Å². The summed E-state index contributed by atoms with van der Waals surface area (Å²) in [5, 5.41) is 42.5. The molecule has 0 saturated heterocycles. The summed E-state index contributed by atoms with van der Waals surface area (Å²) in [4.78, 5) is 21.4. The van der Waals surface area contributed by atoms with Gasteiger partial charge < -0.3 is 39.5 Å². The average molecular weight is 949 g/mol. The summed E-state index contributed by atoms with van der Waals surface area (Å²) in [7, 11) is 0. The summed E-state index contributed by atoms with van der Waals surface area (Å²) in [5.41, 5.74) is 2.12. The van der Waals surface area contributed by atoms with Crippen LogP contribution in [-0.4, -0.2) is 95.4 Å². The molecule has 0 aliphatic carbocycles. The maximum absolute atomic E-state index is 10.7. The molecule has 0 spiro atoms. The first-order valence-electron chi connectivity index (χ1n) is 23.3. The van der Waals surface area contributed by atoms with Crippen molar-refractivity contribution in [2.75, 3.05) is 0 Å². The number of rotatable bonds is 38. The molecule has 2 N–H and O–H groups in total. The minimum atomic E-state index is -1.05. The Morgan fingerprint density at radius 1 is 0.458 bits per heavy atom. The van der Waals surface area contributed by atoms with Crippen LogP contribution < -0.4 is 10.2 Å². The summed E-state index contributed by atoms with van der Waals surface area (Å²) < 4.78 is 11.9. The van der Waals surface area contributed by atoms with E-state index in [0.717, 1.165) is 36.8 Å². The number of hydrogen-bond donors (Lipinski definition) is 2. The van der Waals surface area contributed by atoms with Crippen LogP contribution in [0.5, 0.6) is 0 Å². The van der Waals surface area contributed by atoms with E-state index in [4.69, 9.17) is 9.47 Å². The number of carboxylic acid groups (broad SMARTS) is 2. The zero-order valence-electron chi connectivity index (χ0n) is 37.3. The first-order valence-corrected chi connectivity index (χ1v) is 23.3. The van der Waals surface area contributed by atoms with E-state index in [1.54, 1.807) is 0 Å². The van der Waals surface area contributed by atoms with Gasteiger partial charge in [-0.2, -0.15) is 0 Å². The molecule has 0 radical (unpaired) electrons. The summed E-state index contributed by atoms with van der Waals surface area (Å²) >= 11 is 0. The smallest absolute Gasteiger partial charge is 0.550 e. The van der Waals surface area contributed by atoms with Gasteiger partial charge in [-0.1, -0.05) is 203 Å². The van der Waals surface area contributed by atoms with Gasteiger partial charge in [-0.15, -0.1) is 0 Å². The van der Waals surface area contributed by atoms with E-state index in [2.05, 4.69) is 13.8 Å². The van der Waals surface area contributed by atoms with Crippen molar-refractivity contribution >= 4 is 60.8 Å². The summed E-state index contributed by atoms with van der Waals surface area (Å²) in [6.45, 7) is 5.36. The fourth-order valence-electron chi connectivity index (χ4n) is 7.28. The van der Waals surface area contributed by atoms with Gasteiger partial charge in [-0.05, 0) is 62.5 Å². The van der Waals surface area contributed by atoms with Crippen LogP contribution in [0.2, 0.25) is 0 Å². The molecule has 0 aliphatic heterocycles. The number of aliphatic hydroxyl groups excluding tert-OH is 2. The van der Waals surface area contributed by atoms with Gasteiger partial charge in [0.1, 0.15) is 0 Å². The molecule has 0 aliphatic rings. The molecule has 59 heavy (non-hydrogen) atoms. The normalized spacial score (nSPS) is 13.1. The number of benzene rings is 2. The van der Waals surface area contributed by atoms with Crippen molar-refractivity contribution < 1.29 is 39.5 Å². The topological polar surface area (TPSA) is 139 Å². The predicted molar refractivity (Wildman–Crippen MR) is 238 cm³/mol. The summed E-state index contributed by atoms with van der Waals surface area (Å²) in [6, 6.07) is 19.7. The Hall–Kier alpha value is -1.21. The molecule has 0 amide bonds. The summed E-state index contributed by atoms with van der Waals surface area (Å²) in [5.74, 6) is -2.09. The second-order valence-corrected chi connectivity index (χ2v) is 16.3. The molecule has 9 heteroatoms. The van der Waals surface area contributed by atoms with Crippen molar-refractivity contribution in [1.82, 2.24) is 0 Å². The van der Waals surface area contributed by atoms with E-state index in [0.29, 0.717) is 51.7 Å². The molecule has 0 aromatic heterocycles. The van der Waals surface area contributed by atoms with Crippen LogP contribution in [-0.2, 0) is 32.3 Å². The van der Waals surface area contributed by atoms with Gasteiger partial charge >= 0.3 is 48.9 Å². The number of carboxylic acids is 2. The Balaban J connectivity index is 0.00000112. The van der Waals surface area contributed by atoms with Gasteiger partial charge in [0, 0.05) is 11.9 Å². The van der Waals surface area contributed by atoms with Crippen LogP contribution >= 0.6 is 0 Å². The zero-order valence-corrected chi connectivity index (χ0v) is 41.8. The fourth-order valence-corrected chi connectivity index (χ4v) is 7.28. The second kappa shape index (κ2) is 42.1. The van der Waals surface area contributed by atoms with Crippen LogP contribution in [0.3, 0.4) is 0 Å². The van der Waals surface area contributed by atoms with E-state index < -0.39 is 24.1 Å². The maximum Gasteiger partial charge on any atom is 2.00 e. The second-order valence-electron chi connectivity index (χ2n) is 16.3. The number of aliphatic hydroxyl groups is 2. The number of carbonyl (C=O) groups excluding carboxylic acids is 2.